The molecular weight excluding hydrogens is 422 g/mol. The highest BCUT2D eigenvalue weighted by Gasteiger charge is 2.27. The molecule has 0 heterocycles. The van der Waals surface area contributed by atoms with Gasteiger partial charge in [0.05, 0.1) is 19.6 Å². The number of carbonyl (C=O) groups is 2. The second-order valence-corrected chi connectivity index (χ2v) is 9.41. The van der Waals surface area contributed by atoms with Crippen LogP contribution in [0.3, 0.4) is 0 Å². The molecular formula is C22H27NO7S. The number of hydrogen-bond acceptors (Lipinski definition) is 7. The van der Waals surface area contributed by atoms with Crippen LogP contribution in [0.4, 0.5) is 4.79 Å². The minimum absolute atomic E-state index is 0.0162. The van der Waals surface area contributed by atoms with Gasteiger partial charge in [0, 0.05) is 5.56 Å². The molecule has 0 aliphatic rings. The standard InChI is InChI=1S/C22H27NO7S/c1-15-10-12-16(13-11-15)31(26,27)30-19-9-7-6-8-17(19)18(14-20(24)28-5)23-21(25)29-22(2,3)4/h6-13,18H,14H2,1-5H3,(H,23,25). The third-order valence-electron chi connectivity index (χ3n) is 4.09. The van der Waals surface area contributed by atoms with Crippen molar-refractivity contribution in [2.75, 3.05) is 7.11 Å². The highest BCUT2D eigenvalue weighted by molar-refractivity contribution is 7.87. The summed E-state index contributed by atoms with van der Waals surface area (Å²) in [6.07, 6.45) is -1.02. The van der Waals surface area contributed by atoms with Crippen LogP contribution in [0, 0.1) is 6.92 Å². The molecule has 0 saturated carbocycles. The first-order valence-corrected chi connectivity index (χ1v) is 11.0. The van der Waals surface area contributed by atoms with Crippen molar-refractivity contribution in [1.29, 1.82) is 0 Å². The summed E-state index contributed by atoms with van der Waals surface area (Å²) in [5.41, 5.74) is 0.429. The third-order valence-corrected chi connectivity index (χ3v) is 5.34. The Balaban J connectivity index is 2.38. The Labute approximate surface area is 182 Å². The summed E-state index contributed by atoms with van der Waals surface area (Å²) in [5.74, 6) is -0.620. The summed E-state index contributed by atoms with van der Waals surface area (Å²) in [4.78, 5) is 24.2. The summed E-state index contributed by atoms with van der Waals surface area (Å²) >= 11 is 0. The van der Waals surface area contributed by atoms with E-state index < -0.39 is 33.8 Å². The van der Waals surface area contributed by atoms with Gasteiger partial charge < -0.3 is 19.0 Å². The van der Waals surface area contributed by atoms with Crippen LogP contribution in [0.5, 0.6) is 5.75 Å². The fourth-order valence-electron chi connectivity index (χ4n) is 2.65. The van der Waals surface area contributed by atoms with Crippen molar-refractivity contribution >= 4 is 22.2 Å². The van der Waals surface area contributed by atoms with E-state index in [0.717, 1.165) is 5.56 Å². The number of hydrogen-bond donors (Lipinski definition) is 1. The van der Waals surface area contributed by atoms with E-state index in [-0.39, 0.29) is 22.6 Å². The Morgan fingerprint density at radius 3 is 2.23 bits per heavy atom. The van der Waals surface area contributed by atoms with E-state index in [1.165, 1.54) is 25.3 Å². The Bertz CT molecular complexity index is 1020. The number of methoxy groups -OCH3 is 1. The van der Waals surface area contributed by atoms with Crippen LogP contribution in [-0.4, -0.2) is 33.2 Å². The van der Waals surface area contributed by atoms with Crippen molar-refractivity contribution < 1.29 is 31.7 Å². The largest absolute Gasteiger partial charge is 0.469 e. The van der Waals surface area contributed by atoms with Crippen LogP contribution >= 0.6 is 0 Å². The van der Waals surface area contributed by atoms with E-state index in [4.69, 9.17) is 13.7 Å². The molecule has 2 aromatic rings. The summed E-state index contributed by atoms with van der Waals surface area (Å²) < 4.78 is 40.8. The summed E-state index contributed by atoms with van der Waals surface area (Å²) in [6, 6.07) is 11.5. The summed E-state index contributed by atoms with van der Waals surface area (Å²) in [7, 11) is -2.92. The van der Waals surface area contributed by atoms with E-state index in [1.807, 2.05) is 6.92 Å². The van der Waals surface area contributed by atoms with Crippen molar-refractivity contribution in [3.8, 4) is 5.75 Å². The third kappa shape index (κ3) is 7.29. The van der Waals surface area contributed by atoms with Crippen LogP contribution in [0.2, 0.25) is 0 Å². The van der Waals surface area contributed by atoms with E-state index in [1.54, 1.807) is 51.1 Å². The second-order valence-electron chi connectivity index (χ2n) is 7.87. The molecule has 9 heteroatoms. The monoisotopic (exact) mass is 449 g/mol. The maximum absolute atomic E-state index is 12.8. The number of alkyl carbamates (subject to hydrolysis) is 1. The Morgan fingerprint density at radius 2 is 1.65 bits per heavy atom. The zero-order valence-electron chi connectivity index (χ0n) is 18.2. The van der Waals surface area contributed by atoms with E-state index in [9.17, 15) is 18.0 Å². The number of ether oxygens (including phenoxy) is 2. The lowest BCUT2D eigenvalue weighted by molar-refractivity contribution is -0.141. The first kappa shape index (κ1) is 24.2. The zero-order valence-corrected chi connectivity index (χ0v) is 19.0. The predicted octanol–water partition coefficient (Wildman–Crippen LogP) is 3.89. The van der Waals surface area contributed by atoms with Crippen LogP contribution in [0.1, 0.15) is 44.4 Å². The molecule has 8 nitrogen and oxygen atoms in total. The molecule has 0 aliphatic carbocycles. The molecule has 1 N–H and O–H groups in total. The molecule has 1 unspecified atom stereocenters. The average Bonchev–Trinajstić information content (AvgIpc) is 2.66. The number of rotatable bonds is 7. The highest BCUT2D eigenvalue weighted by Crippen LogP contribution is 2.30. The fraction of sp³-hybridized carbons (Fsp3) is 0.364. The molecule has 2 aromatic carbocycles. The van der Waals surface area contributed by atoms with Gasteiger partial charge >= 0.3 is 22.2 Å². The van der Waals surface area contributed by atoms with Gasteiger partial charge in [0.2, 0.25) is 0 Å². The number of amides is 1. The maximum atomic E-state index is 12.8. The minimum atomic E-state index is -4.14. The van der Waals surface area contributed by atoms with Crippen molar-refractivity contribution in [2.24, 2.45) is 0 Å². The van der Waals surface area contributed by atoms with Gasteiger partial charge in [-0.25, -0.2) is 4.79 Å². The van der Waals surface area contributed by atoms with Crippen LogP contribution in [0.15, 0.2) is 53.4 Å². The number of benzene rings is 2. The Morgan fingerprint density at radius 1 is 1.03 bits per heavy atom. The summed E-state index contributed by atoms with van der Waals surface area (Å²) in [6.45, 7) is 6.94. The first-order valence-electron chi connectivity index (χ1n) is 9.57. The van der Waals surface area contributed by atoms with Gasteiger partial charge in [0.25, 0.3) is 0 Å². The van der Waals surface area contributed by atoms with Crippen LogP contribution < -0.4 is 9.50 Å². The maximum Gasteiger partial charge on any atom is 0.408 e. The van der Waals surface area contributed by atoms with Crippen molar-refractivity contribution in [1.82, 2.24) is 5.32 Å². The molecule has 1 atom stereocenters. The van der Waals surface area contributed by atoms with E-state index in [2.05, 4.69) is 5.32 Å². The molecule has 0 aromatic heterocycles. The molecule has 0 fully saturated rings. The van der Waals surface area contributed by atoms with Gasteiger partial charge in [-0.3, -0.25) is 4.79 Å². The van der Waals surface area contributed by atoms with E-state index in [0.29, 0.717) is 0 Å². The topological polar surface area (TPSA) is 108 Å². The summed E-state index contributed by atoms with van der Waals surface area (Å²) in [5, 5.41) is 2.59. The molecule has 0 spiro atoms. The molecule has 168 valence electrons. The Kier molecular flexibility index (Phi) is 7.67. The number of nitrogens with one attached hydrogen (secondary N) is 1. The molecule has 0 aliphatic heterocycles. The van der Waals surface area contributed by atoms with Crippen LogP contribution in [-0.2, 0) is 24.4 Å². The molecule has 0 bridgehead atoms. The molecule has 0 radical (unpaired) electrons. The van der Waals surface area contributed by atoms with Crippen molar-refractivity contribution in [3.05, 3.63) is 59.7 Å². The number of esters is 1. The van der Waals surface area contributed by atoms with Gasteiger partial charge in [-0.1, -0.05) is 35.9 Å². The highest BCUT2D eigenvalue weighted by atomic mass is 32.2. The quantitative estimate of drug-likeness (QED) is 0.505. The predicted molar refractivity (Wildman–Crippen MR) is 114 cm³/mol. The zero-order chi connectivity index (χ0) is 23.2. The molecule has 31 heavy (non-hydrogen) atoms. The molecule has 2 rings (SSSR count). The lowest BCUT2D eigenvalue weighted by Gasteiger charge is -2.24. The van der Waals surface area contributed by atoms with E-state index >= 15 is 0 Å². The number of aryl methyl sites for hydroxylation is 1. The first-order chi connectivity index (χ1) is 14.4. The fourth-order valence-corrected chi connectivity index (χ4v) is 3.61. The number of para-hydroxylation sites is 1. The number of carbonyl (C=O) groups excluding carboxylic acids is 2. The van der Waals surface area contributed by atoms with Crippen molar-refractivity contribution in [2.45, 2.75) is 50.7 Å². The van der Waals surface area contributed by atoms with Gasteiger partial charge in [0.1, 0.15) is 16.2 Å². The van der Waals surface area contributed by atoms with Gasteiger partial charge in [-0.05, 0) is 45.9 Å². The van der Waals surface area contributed by atoms with Crippen molar-refractivity contribution in [3.63, 3.8) is 0 Å². The molecule has 1 amide bonds. The lowest BCUT2D eigenvalue weighted by atomic mass is 10.0. The van der Waals surface area contributed by atoms with Gasteiger partial charge in [-0.2, -0.15) is 8.42 Å². The smallest absolute Gasteiger partial charge is 0.408 e. The van der Waals surface area contributed by atoms with Gasteiger partial charge in [-0.15, -0.1) is 0 Å². The molecule has 0 saturated heterocycles. The lowest BCUT2D eigenvalue weighted by Crippen LogP contribution is -2.36. The van der Waals surface area contributed by atoms with Crippen LogP contribution in [0.25, 0.3) is 0 Å². The Hall–Kier alpha value is -3.07. The second kappa shape index (κ2) is 9.82. The van der Waals surface area contributed by atoms with Gasteiger partial charge in [0.15, 0.2) is 0 Å². The normalized spacial score (nSPS) is 12.5. The minimum Gasteiger partial charge on any atom is -0.469 e. The SMILES string of the molecule is COC(=O)CC(NC(=O)OC(C)(C)C)c1ccccc1OS(=O)(=O)c1ccc(C)cc1. The average molecular weight is 450 g/mol.